The van der Waals surface area contributed by atoms with Crippen molar-refractivity contribution >= 4 is 74.5 Å². The molecule has 220 valence electrons. The molecule has 2 aromatic rings. The second-order valence-corrected chi connectivity index (χ2v) is 13.3. The van der Waals surface area contributed by atoms with Crippen LogP contribution in [0.5, 0.6) is 11.5 Å². The first-order valence-electron chi connectivity index (χ1n) is 13.8. The highest BCUT2D eigenvalue weighted by Gasteiger charge is 2.76. The number of benzene rings is 2. The number of allylic oxidation sites excluding steroid dienone is 3. The van der Waals surface area contributed by atoms with Crippen molar-refractivity contribution in [2.45, 2.75) is 29.0 Å². The third-order valence-electron chi connectivity index (χ3n) is 9.55. The lowest BCUT2D eigenvalue weighted by Gasteiger charge is -2.51. The fourth-order valence-corrected chi connectivity index (χ4v) is 9.02. The van der Waals surface area contributed by atoms with Gasteiger partial charge >= 0.3 is 0 Å². The molecule has 0 aromatic heterocycles. The van der Waals surface area contributed by atoms with Gasteiger partial charge in [0.25, 0.3) is 11.8 Å². The highest BCUT2D eigenvalue weighted by molar-refractivity contribution is 9.09. The van der Waals surface area contributed by atoms with E-state index in [1.54, 1.807) is 42.5 Å². The van der Waals surface area contributed by atoms with E-state index in [9.17, 15) is 24.3 Å². The van der Waals surface area contributed by atoms with Crippen LogP contribution in [0.4, 0.5) is 5.69 Å². The number of fused-ring (bicyclic) bond motifs is 5. The van der Waals surface area contributed by atoms with Crippen LogP contribution in [0.15, 0.2) is 72.5 Å². The molecule has 3 heterocycles. The van der Waals surface area contributed by atoms with Crippen LogP contribution in [-0.4, -0.2) is 48.8 Å². The van der Waals surface area contributed by atoms with E-state index in [0.717, 1.165) is 10.5 Å². The Morgan fingerprint density at radius 2 is 1.79 bits per heavy atom. The van der Waals surface area contributed by atoms with Crippen LogP contribution in [-0.2, 0) is 25.6 Å². The van der Waals surface area contributed by atoms with Crippen LogP contribution >= 0.6 is 39.1 Å². The molecule has 0 spiro atoms. The Morgan fingerprint density at radius 1 is 1.05 bits per heavy atom. The van der Waals surface area contributed by atoms with Crippen LogP contribution in [0.25, 0.3) is 6.08 Å². The summed E-state index contributed by atoms with van der Waals surface area (Å²) >= 11 is 17.8. The van der Waals surface area contributed by atoms with Gasteiger partial charge < -0.3 is 9.84 Å². The third kappa shape index (κ3) is 3.74. The summed E-state index contributed by atoms with van der Waals surface area (Å²) in [4.78, 5) is 54.0. The van der Waals surface area contributed by atoms with Crippen molar-refractivity contribution in [1.29, 1.82) is 0 Å². The molecule has 1 N–H and O–H groups in total. The minimum atomic E-state index is -1.91. The van der Waals surface area contributed by atoms with Crippen molar-refractivity contribution in [3.63, 3.8) is 0 Å². The number of phenolic OH excluding ortho intramolecular Hbond substituents is 1. The summed E-state index contributed by atoms with van der Waals surface area (Å²) in [6.45, 7) is 3.75. The monoisotopic (exact) mass is 682 g/mol. The number of phenols is 1. The molecule has 3 fully saturated rings. The second kappa shape index (κ2) is 9.81. The van der Waals surface area contributed by atoms with Gasteiger partial charge in [-0.1, -0.05) is 52.4 Å². The molecule has 2 aliphatic carbocycles. The van der Waals surface area contributed by atoms with Crippen molar-refractivity contribution in [1.82, 2.24) is 4.90 Å². The number of hydrogen-bond acceptors (Lipinski definition) is 6. The van der Waals surface area contributed by atoms with Gasteiger partial charge in [0.2, 0.25) is 11.8 Å². The fraction of sp³-hybridized carbons (Fsp3) is 0.312. The Bertz CT molecular complexity index is 1710. The average Bonchev–Trinajstić information content (AvgIpc) is 3.34. The number of halogens is 3. The number of rotatable bonds is 4. The Morgan fingerprint density at radius 3 is 2.49 bits per heavy atom. The highest BCUT2D eigenvalue weighted by atomic mass is 79.9. The maximum absolute atomic E-state index is 14.1. The minimum absolute atomic E-state index is 0.0472. The standard InChI is InChI=1S/C32H25BrCl2N2O6/c1-2-16-3-5-19(6-4-16)37-27(39)22-9-8-21-23(25(22)28(37)40)13-31(34)29(41)36(15-33)30(42)32(31,35)26(21)18-11-17-12-20(38)7-10-24(17)43-14-18/h2-8,10,12,14,22-23,25-26,38H,1,9,11,13,15H2/t22-,23+,25-,26-,31+,32-/m0/s1. The molecule has 2 aromatic carbocycles. The van der Waals surface area contributed by atoms with Crippen molar-refractivity contribution in [3.8, 4) is 11.5 Å². The van der Waals surface area contributed by atoms with Crippen LogP contribution in [0.1, 0.15) is 24.0 Å². The van der Waals surface area contributed by atoms with Gasteiger partial charge in [0.05, 0.1) is 29.2 Å². The van der Waals surface area contributed by atoms with Gasteiger partial charge in [-0.25, -0.2) is 0 Å². The van der Waals surface area contributed by atoms with E-state index in [-0.39, 0.29) is 42.3 Å². The van der Waals surface area contributed by atoms with Crippen LogP contribution in [0.2, 0.25) is 0 Å². The summed E-state index contributed by atoms with van der Waals surface area (Å²) in [6, 6.07) is 11.7. The van der Waals surface area contributed by atoms with E-state index in [0.29, 0.717) is 28.1 Å². The largest absolute Gasteiger partial charge is 0.508 e. The number of carbonyl (C=O) groups is 4. The smallest absolute Gasteiger partial charge is 0.254 e. The van der Waals surface area contributed by atoms with Crippen LogP contribution in [0, 0.1) is 23.7 Å². The first-order chi connectivity index (χ1) is 20.5. The van der Waals surface area contributed by atoms with Gasteiger partial charge in [0.15, 0.2) is 9.75 Å². The number of carbonyl (C=O) groups excluding carboxylic acids is 4. The Hall–Kier alpha value is -3.40. The Labute approximate surface area is 265 Å². The predicted octanol–water partition coefficient (Wildman–Crippen LogP) is 5.30. The minimum Gasteiger partial charge on any atom is -0.508 e. The number of aromatic hydroxyl groups is 1. The number of ether oxygens (including phenoxy) is 1. The lowest BCUT2D eigenvalue weighted by atomic mass is 9.56. The molecule has 0 unspecified atom stereocenters. The summed E-state index contributed by atoms with van der Waals surface area (Å²) < 4.78 is 5.93. The summed E-state index contributed by atoms with van der Waals surface area (Å²) in [7, 11) is 0. The average molecular weight is 684 g/mol. The summed E-state index contributed by atoms with van der Waals surface area (Å²) in [5.74, 6) is -4.41. The second-order valence-electron chi connectivity index (χ2n) is 11.6. The highest BCUT2D eigenvalue weighted by Crippen LogP contribution is 2.65. The number of likely N-dealkylation sites (tertiary alicyclic amines) is 1. The number of imide groups is 2. The molecule has 5 aliphatic rings. The number of amides is 4. The molecule has 4 amide bonds. The molecule has 1 saturated carbocycles. The van der Waals surface area contributed by atoms with E-state index < -0.39 is 45.2 Å². The molecule has 7 rings (SSSR count). The van der Waals surface area contributed by atoms with E-state index in [4.69, 9.17) is 27.9 Å². The molecule has 11 heteroatoms. The zero-order valence-electron chi connectivity index (χ0n) is 22.6. The molecule has 43 heavy (non-hydrogen) atoms. The molecule has 0 bridgehead atoms. The normalized spacial score (nSPS) is 32.8. The van der Waals surface area contributed by atoms with Crippen molar-refractivity contribution in [2.75, 3.05) is 10.4 Å². The van der Waals surface area contributed by atoms with Crippen LogP contribution < -0.4 is 9.64 Å². The van der Waals surface area contributed by atoms with Gasteiger partial charge in [0, 0.05) is 17.9 Å². The molecule has 8 nitrogen and oxygen atoms in total. The Balaban J connectivity index is 1.35. The first kappa shape index (κ1) is 28.4. The van der Waals surface area contributed by atoms with E-state index in [1.165, 1.54) is 17.2 Å². The van der Waals surface area contributed by atoms with E-state index in [1.807, 2.05) is 6.08 Å². The maximum atomic E-state index is 14.1. The van der Waals surface area contributed by atoms with Gasteiger partial charge in [-0.15, -0.1) is 23.2 Å². The zero-order valence-corrected chi connectivity index (χ0v) is 25.7. The molecule has 0 radical (unpaired) electrons. The number of anilines is 1. The predicted molar refractivity (Wildman–Crippen MR) is 164 cm³/mol. The SMILES string of the molecule is C=Cc1ccc(N2C(=O)[C@H]3[C@H](CC=C4[C@H](C5=COc6ccc(O)cc6C5)[C@]5(Cl)C(=O)N(CBr)C(=O)[C@]5(Cl)C[C@H]43)C2=O)cc1. The maximum Gasteiger partial charge on any atom is 0.254 e. The van der Waals surface area contributed by atoms with Gasteiger partial charge in [-0.3, -0.25) is 29.0 Å². The van der Waals surface area contributed by atoms with Crippen LogP contribution in [0.3, 0.4) is 0 Å². The molecule has 3 aliphatic heterocycles. The van der Waals surface area contributed by atoms with Gasteiger partial charge in [-0.2, -0.15) is 0 Å². The number of hydrogen-bond donors (Lipinski definition) is 1. The van der Waals surface area contributed by atoms with E-state index >= 15 is 0 Å². The topological polar surface area (TPSA) is 104 Å². The molecule has 6 atom stereocenters. The third-order valence-corrected chi connectivity index (χ3v) is 11.5. The zero-order chi connectivity index (χ0) is 30.4. The number of nitrogens with zero attached hydrogens (tertiary/aromatic N) is 2. The summed E-state index contributed by atoms with van der Waals surface area (Å²) in [5, 5.41) is 10.1. The fourth-order valence-electron chi connectivity index (χ4n) is 7.58. The molecular weight excluding hydrogens is 659 g/mol. The van der Waals surface area contributed by atoms with Crippen molar-refractivity contribution in [2.24, 2.45) is 23.7 Å². The van der Waals surface area contributed by atoms with Gasteiger partial charge in [-0.05, 0) is 60.2 Å². The number of alkyl halides is 3. The lowest BCUT2D eigenvalue weighted by Crippen LogP contribution is -2.61. The first-order valence-corrected chi connectivity index (χ1v) is 15.7. The summed E-state index contributed by atoms with van der Waals surface area (Å²) in [5.41, 5.74) is 3.14. The quantitative estimate of drug-likeness (QED) is 0.203. The van der Waals surface area contributed by atoms with Crippen molar-refractivity contribution in [3.05, 3.63) is 83.7 Å². The van der Waals surface area contributed by atoms with Gasteiger partial charge in [0.1, 0.15) is 11.5 Å². The molecular formula is C32H25BrCl2N2O6. The summed E-state index contributed by atoms with van der Waals surface area (Å²) in [6.07, 6.45) is 5.51. The van der Waals surface area contributed by atoms with E-state index in [2.05, 4.69) is 22.5 Å². The van der Waals surface area contributed by atoms with Crippen molar-refractivity contribution < 1.29 is 29.0 Å². The Kier molecular flexibility index (Phi) is 6.47. The lowest BCUT2D eigenvalue weighted by molar-refractivity contribution is -0.138. The molecule has 2 saturated heterocycles.